The first-order chi connectivity index (χ1) is 18.9. The van der Waals surface area contributed by atoms with Crippen molar-refractivity contribution < 1.29 is 0 Å². The minimum absolute atomic E-state index is 0.976. The summed E-state index contributed by atoms with van der Waals surface area (Å²) in [6.45, 7) is 0. The van der Waals surface area contributed by atoms with Crippen LogP contribution in [0.1, 0.15) is 0 Å². The molecule has 0 saturated heterocycles. The number of pyridine rings is 1. The monoisotopic (exact) mass is 485 g/mol. The van der Waals surface area contributed by atoms with Crippen molar-refractivity contribution in [2.24, 2.45) is 0 Å². The molecule has 3 heteroatoms. The molecular weight excluding hydrogens is 462 g/mol. The second-order valence-electron chi connectivity index (χ2n) is 9.69. The first-order valence-corrected chi connectivity index (χ1v) is 12.9. The summed E-state index contributed by atoms with van der Waals surface area (Å²) >= 11 is 0. The standard InChI is InChI=1S/C35H23N3/c1-4-16-32-27(12-1)28-13-2-5-17-33(28)38(32)26-19-20-35-30(23-26)29-14-3-6-18-34(29)37(35)25-11-9-10-24(22-25)31-15-7-8-21-36-31/h1-23H. The molecule has 0 radical (unpaired) electrons. The van der Waals surface area contributed by atoms with Gasteiger partial charge in [-0.2, -0.15) is 0 Å². The number of hydrogen-bond acceptors (Lipinski definition) is 1. The number of nitrogens with zero attached hydrogens (tertiary/aromatic N) is 3. The first kappa shape index (κ1) is 21.0. The molecule has 0 N–H and O–H groups in total. The fraction of sp³-hybridized carbons (Fsp3) is 0. The Kier molecular flexibility index (Phi) is 4.52. The molecule has 8 aromatic rings. The predicted molar refractivity (Wildman–Crippen MR) is 158 cm³/mol. The first-order valence-electron chi connectivity index (χ1n) is 12.9. The summed E-state index contributed by atoms with van der Waals surface area (Å²) in [5.74, 6) is 0. The molecule has 0 spiro atoms. The van der Waals surface area contributed by atoms with Gasteiger partial charge in [0.15, 0.2) is 0 Å². The topological polar surface area (TPSA) is 22.8 Å². The van der Waals surface area contributed by atoms with Gasteiger partial charge in [-0.3, -0.25) is 4.98 Å². The number of para-hydroxylation sites is 3. The Balaban J connectivity index is 1.40. The van der Waals surface area contributed by atoms with E-state index in [-0.39, 0.29) is 0 Å². The second kappa shape index (κ2) is 8.19. The molecule has 3 nitrogen and oxygen atoms in total. The summed E-state index contributed by atoms with van der Waals surface area (Å²) < 4.78 is 4.75. The maximum absolute atomic E-state index is 4.57. The molecule has 0 aliphatic carbocycles. The fourth-order valence-electron chi connectivity index (χ4n) is 5.92. The van der Waals surface area contributed by atoms with Crippen molar-refractivity contribution >= 4 is 43.6 Å². The fourth-order valence-corrected chi connectivity index (χ4v) is 5.92. The van der Waals surface area contributed by atoms with Crippen molar-refractivity contribution in [2.45, 2.75) is 0 Å². The van der Waals surface area contributed by atoms with Crippen LogP contribution in [0, 0.1) is 0 Å². The molecule has 178 valence electrons. The van der Waals surface area contributed by atoms with E-state index < -0.39 is 0 Å². The number of aromatic nitrogens is 3. The zero-order chi connectivity index (χ0) is 25.1. The highest BCUT2D eigenvalue weighted by atomic mass is 15.0. The van der Waals surface area contributed by atoms with Crippen LogP contribution in [0.4, 0.5) is 0 Å². The molecule has 3 heterocycles. The molecule has 0 amide bonds. The van der Waals surface area contributed by atoms with Gasteiger partial charge in [0.25, 0.3) is 0 Å². The molecule has 0 saturated carbocycles. The van der Waals surface area contributed by atoms with E-state index in [0.29, 0.717) is 0 Å². The van der Waals surface area contributed by atoms with Gasteiger partial charge in [0, 0.05) is 44.7 Å². The lowest BCUT2D eigenvalue weighted by molar-refractivity contribution is 1.16. The Morgan fingerprint density at radius 2 is 0.947 bits per heavy atom. The van der Waals surface area contributed by atoms with Crippen LogP contribution in [-0.4, -0.2) is 14.1 Å². The largest absolute Gasteiger partial charge is 0.309 e. The maximum atomic E-state index is 4.57. The van der Waals surface area contributed by atoms with Crippen LogP contribution in [0.2, 0.25) is 0 Å². The van der Waals surface area contributed by atoms with Crippen LogP contribution in [0.5, 0.6) is 0 Å². The van der Waals surface area contributed by atoms with Gasteiger partial charge in [-0.1, -0.05) is 72.8 Å². The molecule has 3 aromatic heterocycles. The van der Waals surface area contributed by atoms with Gasteiger partial charge in [-0.05, 0) is 60.7 Å². The van der Waals surface area contributed by atoms with Crippen LogP contribution in [0.25, 0.3) is 66.2 Å². The number of rotatable bonds is 3. The molecule has 0 aliphatic heterocycles. The molecule has 0 bridgehead atoms. The van der Waals surface area contributed by atoms with Gasteiger partial charge < -0.3 is 9.13 Å². The van der Waals surface area contributed by atoms with E-state index in [1.165, 1.54) is 49.3 Å². The second-order valence-corrected chi connectivity index (χ2v) is 9.69. The highest BCUT2D eigenvalue weighted by Crippen LogP contribution is 2.37. The molecule has 0 aliphatic rings. The van der Waals surface area contributed by atoms with Crippen LogP contribution in [-0.2, 0) is 0 Å². The summed E-state index contributed by atoms with van der Waals surface area (Å²) in [5.41, 5.74) is 9.21. The van der Waals surface area contributed by atoms with Gasteiger partial charge in [0.1, 0.15) is 0 Å². The van der Waals surface area contributed by atoms with Gasteiger partial charge >= 0.3 is 0 Å². The quantitative estimate of drug-likeness (QED) is 0.245. The van der Waals surface area contributed by atoms with E-state index in [4.69, 9.17) is 0 Å². The van der Waals surface area contributed by atoms with E-state index in [0.717, 1.165) is 16.9 Å². The minimum atomic E-state index is 0.976. The Hall–Kier alpha value is -5.15. The van der Waals surface area contributed by atoms with Gasteiger partial charge in [0.2, 0.25) is 0 Å². The van der Waals surface area contributed by atoms with E-state index in [1.807, 2.05) is 18.3 Å². The zero-order valence-corrected chi connectivity index (χ0v) is 20.6. The van der Waals surface area contributed by atoms with Crippen LogP contribution >= 0.6 is 0 Å². The van der Waals surface area contributed by atoms with Crippen molar-refractivity contribution in [3.8, 4) is 22.6 Å². The lowest BCUT2D eigenvalue weighted by atomic mass is 10.1. The van der Waals surface area contributed by atoms with Crippen molar-refractivity contribution in [3.63, 3.8) is 0 Å². The summed E-state index contributed by atoms with van der Waals surface area (Å²) in [6.07, 6.45) is 1.85. The summed E-state index contributed by atoms with van der Waals surface area (Å²) in [7, 11) is 0. The normalized spacial score (nSPS) is 11.7. The van der Waals surface area contributed by atoms with Crippen LogP contribution in [0.15, 0.2) is 140 Å². The summed E-state index contributed by atoms with van der Waals surface area (Å²) in [5, 5.41) is 5.03. The average Bonchev–Trinajstić information content (AvgIpc) is 3.50. The van der Waals surface area contributed by atoms with Crippen molar-refractivity contribution in [3.05, 3.63) is 140 Å². The Labute approximate surface area is 219 Å². The van der Waals surface area contributed by atoms with Crippen molar-refractivity contribution in [1.29, 1.82) is 0 Å². The zero-order valence-electron chi connectivity index (χ0n) is 20.6. The van der Waals surface area contributed by atoms with E-state index in [9.17, 15) is 0 Å². The van der Waals surface area contributed by atoms with E-state index in [2.05, 4.69) is 135 Å². The van der Waals surface area contributed by atoms with Crippen molar-refractivity contribution in [2.75, 3.05) is 0 Å². The third-order valence-corrected chi connectivity index (χ3v) is 7.56. The number of hydrogen-bond donors (Lipinski definition) is 0. The highest BCUT2D eigenvalue weighted by molar-refractivity contribution is 6.12. The predicted octanol–water partition coefficient (Wildman–Crippen LogP) is 8.94. The van der Waals surface area contributed by atoms with Crippen LogP contribution < -0.4 is 0 Å². The highest BCUT2D eigenvalue weighted by Gasteiger charge is 2.16. The molecule has 5 aromatic carbocycles. The smallest absolute Gasteiger partial charge is 0.0702 e. The minimum Gasteiger partial charge on any atom is -0.309 e. The molecule has 8 rings (SSSR count). The molecule has 0 atom stereocenters. The average molecular weight is 486 g/mol. The maximum Gasteiger partial charge on any atom is 0.0702 e. The van der Waals surface area contributed by atoms with Gasteiger partial charge in [0.05, 0.1) is 27.8 Å². The third kappa shape index (κ3) is 3.06. The molecule has 0 unspecified atom stereocenters. The van der Waals surface area contributed by atoms with Crippen molar-refractivity contribution in [1.82, 2.24) is 14.1 Å². The molecule has 38 heavy (non-hydrogen) atoms. The molecular formula is C35H23N3. The lowest BCUT2D eigenvalue weighted by Gasteiger charge is -2.11. The summed E-state index contributed by atoms with van der Waals surface area (Å²) in [6, 6.07) is 47.6. The van der Waals surface area contributed by atoms with Gasteiger partial charge in [-0.15, -0.1) is 0 Å². The number of benzene rings is 5. The Bertz CT molecular complexity index is 2080. The number of fused-ring (bicyclic) bond motifs is 6. The summed E-state index contributed by atoms with van der Waals surface area (Å²) in [4.78, 5) is 4.57. The van der Waals surface area contributed by atoms with Crippen LogP contribution in [0.3, 0.4) is 0 Å². The third-order valence-electron chi connectivity index (χ3n) is 7.56. The lowest BCUT2D eigenvalue weighted by Crippen LogP contribution is -1.96. The van der Waals surface area contributed by atoms with E-state index in [1.54, 1.807) is 0 Å². The van der Waals surface area contributed by atoms with E-state index >= 15 is 0 Å². The SMILES string of the molecule is c1ccc(-c2cccc(-n3c4ccccc4c4cc(-n5c6ccccc6c6ccccc65)ccc43)c2)nc1. The Morgan fingerprint density at radius 3 is 1.58 bits per heavy atom. The Morgan fingerprint density at radius 1 is 0.395 bits per heavy atom. The van der Waals surface area contributed by atoms with Gasteiger partial charge in [-0.25, -0.2) is 0 Å². The molecule has 0 fully saturated rings.